The van der Waals surface area contributed by atoms with E-state index in [4.69, 9.17) is 11.6 Å². The molecule has 0 spiro atoms. The van der Waals surface area contributed by atoms with Gasteiger partial charge >= 0.3 is 0 Å². The first-order valence-electron chi connectivity index (χ1n) is 7.26. The van der Waals surface area contributed by atoms with E-state index < -0.39 is 0 Å². The van der Waals surface area contributed by atoms with Crippen molar-refractivity contribution in [3.63, 3.8) is 0 Å². The zero-order valence-corrected chi connectivity index (χ0v) is 14.5. The van der Waals surface area contributed by atoms with Crippen LogP contribution >= 0.6 is 22.9 Å². The van der Waals surface area contributed by atoms with E-state index in [9.17, 15) is 4.79 Å². The maximum absolute atomic E-state index is 12.5. The molecule has 116 valence electrons. The average molecular weight is 342 g/mol. The van der Waals surface area contributed by atoms with E-state index >= 15 is 0 Å². The van der Waals surface area contributed by atoms with E-state index in [1.807, 2.05) is 55.6 Å². The first-order valence-corrected chi connectivity index (χ1v) is 8.52. The highest BCUT2D eigenvalue weighted by molar-refractivity contribution is 7.12. The maximum atomic E-state index is 12.5. The highest BCUT2D eigenvalue weighted by Gasteiger charge is 2.15. The monoisotopic (exact) mass is 341 g/mol. The van der Waals surface area contributed by atoms with Gasteiger partial charge in [-0.2, -0.15) is 0 Å². The predicted molar refractivity (Wildman–Crippen MR) is 98.4 cm³/mol. The summed E-state index contributed by atoms with van der Waals surface area (Å²) in [5.74, 6) is -0.0319. The van der Waals surface area contributed by atoms with Gasteiger partial charge in [0.1, 0.15) is 0 Å². The molecule has 0 aliphatic heterocycles. The number of nitrogens with one attached hydrogen (secondary N) is 1. The van der Waals surface area contributed by atoms with Crippen LogP contribution < -0.4 is 5.32 Å². The van der Waals surface area contributed by atoms with Gasteiger partial charge in [0.15, 0.2) is 0 Å². The molecule has 0 aliphatic rings. The Kier molecular flexibility index (Phi) is 4.51. The Morgan fingerprint density at radius 2 is 1.87 bits per heavy atom. The smallest absolute Gasteiger partial charge is 0.204 e. The summed E-state index contributed by atoms with van der Waals surface area (Å²) in [7, 11) is 0. The van der Waals surface area contributed by atoms with E-state index in [0.717, 1.165) is 22.5 Å². The number of carbonyl (C=O) groups excluding carboxylic acids is 1. The Balaban J connectivity index is 1.86. The number of halogens is 1. The topological polar surface area (TPSA) is 29.1 Å². The molecule has 23 heavy (non-hydrogen) atoms. The van der Waals surface area contributed by atoms with Gasteiger partial charge in [-0.25, -0.2) is 0 Å². The molecule has 0 unspecified atom stereocenters. The summed E-state index contributed by atoms with van der Waals surface area (Å²) in [6.07, 6.45) is 0. The van der Waals surface area contributed by atoms with Gasteiger partial charge in [-0.05, 0) is 60.7 Å². The summed E-state index contributed by atoms with van der Waals surface area (Å²) in [5.41, 5.74) is 4.66. The number of thiophene rings is 1. The van der Waals surface area contributed by atoms with E-state index in [0.29, 0.717) is 15.5 Å². The Morgan fingerprint density at radius 3 is 2.52 bits per heavy atom. The van der Waals surface area contributed by atoms with E-state index in [1.165, 1.54) is 11.3 Å². The molecule has 0 aliphatic carbocycles. The van der Waals surface area contributed by atoms with Crippen molar-refractivity contribution >= 4 is 40.1 Å². The van der Waals surface area contributed by atoms with Crippen LogP contribution in [-0.2, 0) is 0 Å². The fraction of sp³-hybridized carbons (Fsp3) is 0.105. The third kappa shape index (κ3) is 3.46. The molecule has 0 radical (unpaired) electrons. The standard InChI is InChI=1S/C19H16ClNOS/c1-12-9-18(23-11-12)19(22)15-8-7-14(10-16(15)20)21-17-6-4-3-5-13(17)2/h3-11,21H,1-2H3. The van der Waals surface area contributed by atoms with Crippen LogP contribution in [0.5, 0.6) is 0 Å². The fourth-order valence-corrected chi connectivity index (χ4v) is 3.45. The zero-order chi connectivity index (χ0) is 16.4. The summed E-state index contributed by atoms with van der Waals surface area (Å²) in [5, 5.41) is 5.76. The Bertz CT molecular complexity index is 869. The van der Waals surface area contributed by atoms with E-state index in [-0.39, 0.29) is 5.78 Å². The van der Waals surface area contributed by atoms with Crippen molar-refractivity contribution in [1.82, 2.24) is 0 Å². The highest BCUT2D eigenvalue weighted by Crippen LogP contribution is 2.28. The van der Waals surface area contributed by atoms with Crippen LogP contribution in [0.4, 0.5) is 11.4 Å². The summed E-state index contributed by atoms with van der Waals surface area (Å²) < 4.78 is 0. The van der Waals surface area contributed by atoms with Crippen LogP contribution in [0.25, 0.3) is 0 Å². The minimum atomic E-state index is -0.0319. The van der Waals surface area contributed by atoms with Crippen LogP contribution in [0.3, 0.4) is 0 Å². The largest absolute Gasteiger partial charge is 0.355 e. The Labute approximate surface area is 144 Å². The number of rotatable bonds is 4. The van der Waals surface area contributed by atoms with Crippen molar-refractivity contribution in [2.24, 2.45) is 0 Å². The minimum Gasteiger partial charge on any atom is -0.355 e. The quantitative estimate of drug-likeness (QED) is 0.590. The molecule has 2 nitrogen and oxygen atoms in total. The number of hydrogen-bond acceptors (Lipinski definition) is 3. The lowest BCUT2D eigenvalue weighted by Crippen LogP contribution is -2.01. The number of benzene rings is 2. The van der Waals surface area contributed by atoms with Gasteiger partial charge in [-0.3, -0.25) is 4.79 Å². The second-order valence-electron chi connectivity index (χ2n) is 5.45. The van der Waals surface area contributed by atoms with Gasteiger partial charge in [0, 0.05) is 16.9 Å². The van der Waals surface area contributed by atoms with Gasteiger partial charge in [0.25, 0.3) is 0 Å². The first kappa shape index (κ1) is 15.8. The molecule has 0 saturated heterocycles. The molecule has 0 bridgehead atoms. The summed E-state index contributed by atoms with van der Waals surface area (Å²) >= 11 is 7.78. The van der Waals surface area contributed by atoms with E-state index in [1.54, 1.807) is 12.1 Å². The second-order valence-corrected chi connectivity index (χ2v) is 6.77. The van der Waals surface area contributed by atoms with Crippen molar-refractivity contribution in [3.8, 4) is 0 Å². The number of anilines is 2. The fourth-order valence-electron chi connectivity index (χ4n) is 2.33. The third-order valence-electron chi connectivity index (χ3n) is 3.59. The molecule has 0 saturated carbocycles. The van der Waals surface area contributed by atoms with Crippen LogP contribution in [0, 0.1) is 13.8 Å². The molecule has 3 rings (SSSR count). The lowest BCUT2D eigenvalue weighted by molar-refractivity contribution is 0.104. The molecule has 1 N–H and O–H groups in total. The molecule has 1 heterocycles. The second kappa shape index (κ2) is 6.57. The lowest BCUT2D eigenvalue weighted by Gasteiger charge is -2.11. The van der Waals surface area contributed by atoms with Crippen molar-refractivity contribution in [3.05, 3.63) is 80.5 Å². The van der Waals surface area contributed by atoms with E-state index in [2.05, 4.69) is 5.32 Å². The van der Waals surface area contributed by atoms with Crippen molar-refractivity contribution in [1.29, 1.82) is 0 Å². The molecule has 1 aromatic heterocycles. The van der Waals surface area contributed by atoms with Crippen molar-refractivity contribution < 1.29 is 4.79 Å². The van der Waals surface area contributed by atoms with Crippen LogP contribution in [0.2, 0.25) is 5.02 Å². The molecule has 0 atom stereocenters. The average Bonchev–Trinajstić information content (AvgIpc) is 2.96. The van der Waals surface area contributed by atoms with Crippen molar-refractivity contribution in [2.45, 2.75) is 13.8 Å². The maximum Gasteiger partial charge on any atom is 0.204 e. The van der Waals surface area contributed by atoms with Gasteiger partial charge in [-0.1, -0.05) is 29.8 Å². The van der Waals surface area contributed by atoms with Gasteiger partial charge < -0.3 is 5.32 Å². The number of carbonyl (C=O) groups is 1. The molecular weight excluding hydrogens is 326 g/mol. The highest BCUT2D eigenvalue weighted by atomic mass is 35.5. The van der Waals surface area contributed by atoms with Crippen LogP contribution in [0.1, 0.15) is 26.4 Å². The molecule has 4 heteroatoms. The summed E-state index contributed by atoms with van der Waals surface area (Å²) in [6, 6.07) is 15.4. The van der Waals surface area contributed by atoms with Crippen LogP contribution in [0.15, 0.2) is 53.9 Å². The van der Waals surface area contributed by atoms with Crippen LogP contribution in [-0.4, -0.2) is 5.78 Å². The number of ketones is 1. The predicted octanol–water partition coefficient (Wildman–Crippen LogP) is 5.99. The molecule has 0 fully saturated rings. The lowest BCUT2D eigenvalue weighted by atomic mass is 10.1. The molecule has 3 aromatic rings. The summed E-state index contributed by atoms with van der Waals surface area (Å²) in [4.78, 5) is 13.2. The number of para-hydroxylation sites is 1. The summed E-state index contributed by atoms with van der Waals surface area (Å²) in [6.45, 7) is 4.02. The SMILES string of the molecule is Cc1csc(C(=O)c2ccc(Nc3ccccc3C)cc2Cl)c1. The zero-order valence-electron chi connectivity index (χ0n) is 12.9. The Morgan fingerprint density at radius 1 is 1.09 bits per heavy atom. The normalized spacial score (nSPS) is 10.6. The number of hydrogen-bond donors (Lipinski definition) is 1. The van der Waals surface area contributed by atoms with Crippen molar-refractivity contribution in [2.75, 3.05) is 5.32 Å². The molecule has 0 amide bonds. The first-order chi connectivity index (χ1) is 11.0. The third-order valence-corrected chi connectivity index (χ3v) is 4.95. The minimum absolute atomic E-state index is 0.0319. The molecule has 2 aromatic carbocycles. The van der Waals surface area contributed by atoms with Gasteiger partial charge in [-0.15, -0.1) is 11.3 Å². The van der Waals surface area contributed by atoms with Gasteiger partial charge in [0.2, 0.25) is 5.78 Å². The number of aryl methyl sites for hydroxylation is 2. The Hall–Kier alpha value is -2.10. The van der Waals surface area contributed by atoms with Gasteiger partial charge in [0.05, 0.1) is 9.90 Å². The molecular formula is C19H16ClNOS.